The average Bonchev–Trinajstić information content (AvgIpc) is 3.39. The van der Waals surface area contributed by atoms with E-state index >= 15 is 0 Å². The molecule has 8 nitrogen and oxygen atoms in total. The Morgan fingerprint density at radius 2 is 1.97 bits per heavy atom. The normalized spacial score (nSPS) is 12.3. The zero-order chi connectivity index (χ0) is 22.4. The smallest absolute Gasteiger partial charge is 0.282 e. The first-order valence-corrected chi connectivity index (χ1v) is 10.0. The molecule has 0 amide bonds. The lowest BCUT2D eigenvalue weighted by Crippen LogP contribution is -2.27. The fraction of sp³-hybridized carbons (Fsp3) is 0.130. The molecule has 2 N–H and O–H groups in total. The standard InChI is InChI=1S/C23H19FN6O2/c1-13(28-22-19-16(14(2)31)10-25-21(19)26-12-27-22)18-11-29-9-8-17(24)20(29)23(32)30(18)15-6-4-3-5-7-15/h3-13H,1-2H3,(H2,25,26,27,28)/t13-/m1/s1. The maximum atomic E-state index is 14.3. The topological polar surface area (TPSA) is 97.1 Å². The van der Waals surface area contributed by atoms with Crippen LogP contribution in [0.5, 0.6) is 0 Å². The quantitative estimate of drug-likeness (QED) is 0.413. The van der Waals surface area contributed by atoms with Crippen molar-refractivity contribution >= 4 is 28.2 Å². The highest BCUT2D eigenvalue weighted by atomic mass is 19.1. The number of aromatic amines is 1. The molecule has 0 aliphatic carbocycles. The lowest BCUT2D eigenvalue weighted by atomic mass is 10.1. The maximum Gasteiger partial charge on any atom is 0.282 e. The van der Waals surface area contributed by atoms with Crippen molar-refractivity contribution < 1.29 is 9.18 Å². The molecule has 160 valence electrons. The number of ketones is 1. The Balaban J connectivity index is 1.69. The second-order valence-electron chi connectivity index (χ2n) is 7.52. The Morgan fingerprint density at radius 3 is 2.72 bits per heavy atom. The van der Waals surface area contributed by atoms with E-state index in [0.717, 1.165) is 0 Å². The summed E-state index contributed by atoms with van der Waals surface area (Å²) >= 11 is 0. The number of Topliss-reactive ketones (excluding diaryl/α,β-unsaturated/α-hetero) is 1. The summed E-state index contributed by atoms with van der Waals surface area (Å²) in [6.45, 7) is 3.35. The molecule has 5 rings (SSSR count). The molecule has 1 aromatic carbocycles. The summed E-state index contributed by atoms with van der Waals surface area (Å²) < 4.78 is 17.3. The van der Waals surface area contributed by atoms with E-state index in [0.29, 0.717) is 33.8 Å². The number of anilines is 1. The first-order valence-electron chi connectivity index (χ1n) is 10.0. The molecular formula is C23H19FN6O2. The van der Waals surface area contributed by atoms with Gasteiger partial charge < -0.3 is 14.7 Å². The molecule has 9 heteroatoms. The van der Waals surface area contributed by atoms with Gasteiger partial charge in [0.25, 0.3) is 5.56 Å². The molecule has 0 saturated heterocycles. The number of halogens is 1. The van der Waals surface area contributed by atoms with E-state index in [4.69, 9.17) is 0 Å². The van der Waals surface area contributed by atoms with Crippen molar-refractivity contribution in [3.63, 3.8) is 0 Å². The van der Waals surface area contributed by atoms with Gasteiger partial charge in [0.15, 0.2) is 11.6 Å². The fourth-order valence-corrected chi connectivity index (χ4v) is 3.94. The monoisotopic (exact) mass is 430 g/mol. The van der Waals surface area contributed by atoms with Gasteiger partial charge in [0, 0.05) is 29.8 Å². The van der Waals surface area contributed by atoms with E-state index in [1.165, 1.54) is 34.5 Å². The molecule has 0 radical (unpaired) electrons. The van der Waals surface area contributed by atoms with Crippen molar-refractivity contribution in [2.45, 2.75) is 19.9 Å². The third-order valence-corrected chi connectivity index (χ3v) is 5.46. The van der Waals surface area contributed by atoms with Crippen molar-refractivity contribution in [1.82, 2.24) is 23.9 Å². The zero-order valence-corrected chi connectivity index (χ0v) is 17.3. The van der Waals surface area contributed by atoms with Crippen LogP contribution in [0.15, 0.2) is 66.1 Å². The van der Waals surface area contributed by atoms with Gasteiger partial charge in [-0.05, 0) is 32.0 Å². The predicted octanol–water partition coefficient (Wildman–Crippen LogP) is 3.88. The van der Waals surface area contributed by atoms with E-state index in [2.05, 4.69) is 20.3 Å². The zero-order valence-electron chi connectivity index (χ0n) is 17.3. The van der Waals surface area contributed by atoms with Crippen molar-refractivity contribution in [3.8, 4) is 5.69 Å². The van der Waals surface area contributed by atoms with Gasteiger partial charge >= 0.3 is 0 Å². The molecule has 0 fully saturated rings. The van der Waals surface area contributed by atoms with Gasteiger partial charge in [-0.15, -0.1) is 0 Å². The third kappa shape index (κ3) is 3.06. The van der Waals surface area contributed by atoms with Crippen molar-refractivity contribution in [2.24, 2.45) is 0 Å². The molecule has 0 bridgehead atoms. The Hall–Kier alpha value is -4.27. The van der Waals surface area contributed by atoms with Crippen molar-refractivity contribution in [2.75, 3.05) is 5.32 Å². The average molecular weight is 430 g/mol. The lowest BCUT2D eigenvalue weighted by Gasteiger charge is -2.21. The van der Waals surface area contributed by atoms with Crippen molar-refractivity contribution in [3.05, 3.63) is 88.7 Å². The summed E-state index contributed by atoms with van der Waals surface area (Å²) in [5.74, 6) is -0.241. The minimum absolute atomic E-state index is 0.0290. The number of H-pyrrole nitrogens is 1. The number of rotatable bonds is 5. The molecule has 0 aliphatic rings. The molecule has 4 aromatic heterocycles. The summed E-state index contributed by atoms with van der Waals surface area (Å²) in [4.78, 5) is 36.9. The van der Waals surface area contributed by atoms with Gasteiger partial charge in [-0.2, -0.15) is 0 Å². The number of benzene rings is 1. The van der Waals surface area contributed by atoms with Gasteiger partial charge in [0.1, 0.15) is 23.3 Å². The Bertz CT molecular complexity index is 1530. The SMILES string of the molecule is CC(=O)c1c[nH]c2ncnc(N[C@H](C)c3cn4ccc(F)c4c(=O)n3-c3ccccc3)c12. The van der Waals surface area contributed by atoms with Gasteiger partial charge in [-0.1, -0.05) is 18.2 Å². The van der Waals surface area contributed by atoms with Gasteiger partial charge in [0.2, 0.25) is 0 Å². The molecule has 32 heavy (non-hydrogen) atoms. The number of para-hydroxylation sites is 1. The minimum Gasteiger partial charge on any atom is -0.361 e. The number of carbonyl (C=O) groups excluding carboxylic acids is 1. The summed E-state index contributed by atoms with van der Waals surface area (Å²) in [5, 5.41) is 3.88. The van der Waals surface area contributed by atoms with Crippen LogP contribution < -0.4 is 10.9 Å². The number of nitrogens with one attached hydrogen (secondary N) is 2. The Morgan fingerprint density at radius 1 is 1.19 bits per heavy atom. The first kappa shape index (κ1) is 19.7. The van der Waals surface area contributed by atoms with Crippen LogP contribution in [-0.4, -0.2) is 29.7 Å². The minimum atomic E-state index is -0.581. The largest absolute Gasteiger partial charge is 0.361 e. The van der Waals surface area contributed by atoms with Crippen LogP contribution in [0, 0.1) is 5.82 Å². The van der Waals surface area contributed by atoms with Gasteiger partial charge in [-0.25, -0.2) is 14.4 Å². The fourth-order valence-electron chi connectivity index (χ4n) is 3.94. The summed E-state index contributed by atoms with van der Waals surface area (Å²) in [6.07, 6.45) is 6.23. The third-order valence-electron chi connectivity index (χ3n) is 5.46. The van der Waals surface area contributed by atoms with E-state index in [9.17, 15) is 14.0 Å². The summed E-state index contributed by atoms with van der Waals surface area (Å²) in [6, 6.07) is 9.89. The van der Waals surface area contributed by atoms with Gasteiger partial charge in [0.05, 0.1) is 17.1 Å². The van der Waals surface area contributed by atoms with E-state index < -0.39 is 17.4 Å². The molecule has 0 saturated carbocycles. The van der Waals surface area contributed by atoms with Crippen LogP contribution in [0.2, 0.25) is 0 Å². The Labute approximate surface area is 181 Å². The molecule has 0 unspecified atom stereocenters. The number of aromatic nitrogens is 5. The van der Waals surface area contributed by atoms with Crippen LogP contribution >= 0.6 is 0 Å². The number of fused-ring (bicyclic) bond motifs is 2. The van der Waals surface area contributed by atoms with E-state index in [1.54, 1.807) is 24.5 Å². The van der Waals surface area contributed by atoms with Gasteiger partial charge in [-0.3, -0.25) is 14.2 Å². The molecular weight excluding hydrogens is 411 g/mol. The second kappa shape index (κ2) is 7.45. The molecule has 5 aromatic rings. The highest BCUT2D eigenvalue weighted by molar-refractivity contribution is 6.09. The van der Waals surface area contributed by atoms with E-state index in [-0.39, 0.29) is 11.3 Å². The highest BCUT2D eigenvalue weighted by Crippen LogP contribution is 2.28. The van der Waals surface area contributed by atoms with Crippen LogP contribution in [0.4, 0.5) is 10.2 Å². The summed E-state index contributed by atoms with van der Waals surface area (Å²) in [5.41, 5.74) is 1.71. The maximum absolute atomic E-state index is 14.3. The van der Waals surface area contributed by atoms with Crippen LogP contribution in [0.1, 0.15) is 35.9 Å². The highest BCUT2D eigenvalue weighted by Gasteiger charge is 2.21. The first-order chi connectivity index (χ1) is 15.5. The summed E-state index contributed by atoms with van der Waals surface area (Å²) in [7, 11) is 0. The molecule has 0 spiro atoms. The predicted molar refractivity (Wildman–Crippen MR) is 119 cm³/mol. The number of hydrogen-bond donors (Lipinski definition) is 2. The molecule has 4 heterocycles. The number of carbonyl (C=O) groups is 1. The molecule has 1 atom stereocenters. The van der Waals surface area contributed by atoms with E-state index in [1.807, 2.05) is 25.1 Å². The number of hydrogen-bond acceptors (Lipinski definition) is 5. The van der Waals surface area contributed by atoms with Crippen LogP contribution in [-0.2, 0) is 0 Å². The van der Waals surface area contributed by atoms with Crippen molar-refractivity contribution in [1.29, 1.82) is 0 Å². The molecule has 0 aliphatic heterocycles. The Kier molecular flexibility index (Phi) is 4.58. The van der Waals surface area contributed by atoms with Crippen LogP contribution in [0.25, 0.3) is 22.2 Å². The lowest BCUT2D eigenvalue weighted by molar-refractivity contribution is 0.101. The van der Waals surface area contributed by atoms with Crippen LogP contribution in [0.3, 0.4) is 0 Å². The second-order valence-corrected chi connectivity index (χ2v) is 7.52. The number of nitrogens with zero attached hydrogens (tertiary/aromatic N) is 4.